The number of primary sulfonamides is 1. The van der Waals surface area contributed by atoms with Crippen LogP contribution in [0.25, 0.3) is 0 Å². The lowest BCUT2D eigenvalue weighted by molar-refractivity contribution is 0.595. The number of nitrogens with zero attached hydrogens (tertiary/aromatic N) is 3. The van der Waals surface area contributed by atoms with E-state index in [0.717, 1.165) is 0 Å². The largest absolute Gasteiger partial charge is 0.354 e. The molecule has 0 radical (unpaired) electrons. The van der Waals surface area contributed by atoms with Gasteiger partial charge in [0.15, 0.2) is 0 Å². The lowest BCUT2D eigenvalue weighted by Gasteiger charge is -2.05. The van der Waals surface area contributed by atoms with Crippen molar-refractivity contribution in [1.82, 2.24) is 9.97 Å². The molecule has 3 N–H and O–H groups in total. The second-order valence-electron chi connectivity index (χ2n) is 3.48. The number of nitrogens with two attached hydrogens (primary N) is 1. The van der Waals surface area contributed by atoms with Crippen LogP contribution in [0.15, 0.2) is 6.07 Å². The maximum atomic E-state index is 10.7. The fourth-order valence-corrected chi connectivity index (χ4v) is 1.73. The molecule has 0 aliphatic carbocycles. The molecule has 0 atom stereocenters. The molecule has 1 aromatic rings. The van der Waals surface area contributed by atoms with Crippen LogP contribution in [0.2, 0.25) is 0 Å². The van der Waals surface area contributed by atoms with Gasteiger partial charge in [0, 0.05) is 12.2 Å². The molecule has 92 valence electrons. The second-order valence-corrected chi connectivity index (χ2v) is 5.21. The van der Waals surface area contributed by atoms with Crippen molar-refractivity contribution < 1.29 is 8.42 Å². The maximum Gasteiger partial charge on any atom is 0.224 e. The molecule has 1 aromatic heterocycles. The summed E-state index contributed by atoms with van der Waals surface area (Å²) in [5.74, 6) is 0.215. The van der Waals surface area contributed by atoms with Crippen LogP contribution in [0, 0.1) is 18.3 Å². The maximum absolute atomic E-state index is 10.7. The monoisotopic (exact) mass is 255 g/mol. The highest BCUT2D eigenvalue weighted by Gasteiger charge is 2.03. The molecule has 0 fully saturated rings. The Labute approximate surface area is 99.7 Å². The molecule has 0 aliphatic heterocycles. The SMILES string of the molecule is Cc1cc(C#N)nc(NCCCS(N)(=O)=O)n1. The molecule has 0 bridgehead atoms. The summed E-state index contributed by atoms with van der Waals surface area (Å²) in [5.41, 5.74) is 0.942. The van der Waals surface area contributed by atoms with Crippen molar-refractivity contribution in [1.29, 1.82) is 5.26 Å². The van der Waals surface area contributed by atoms with Crippen LogP contribution in [0.4, 0.5) is 5.95 Å². The van der Waals surface area contributed by atoms with Gasteiger partial charge in [0.25, 0.3) is 0 Å². The molecular weight excluding hydrogens is 242 g/mol. The van der Waals surface area contributed by atoms with E-state index in [-0.39, 0.29) is 11.4 Å². The molecule has 0 saturated heterocycles. The zero-order chi connectivity index (χ0) is 12.9. The Kier molecular flexibility index (Phi) is 4.37. The Morgan fingerprint density at radius 2 is 2.24 bits per heavy atom. The average Bonchev–Trinajstić information content (AvgIpc) is 2.22. The van der Waals surface area contributed by atoms with Crippen molar-refractivity contribution >= 4 is 16.0 Å². The summed E-state index contributed by atoms with van der Waals surface area (Å²) in [6, 6.07) is 3.48. The third kappa shape index (κ3) is 5.24. The van der Waals surface area contributed by atoms with Gasteiger partial charge >= 0.3 is 0 Å². The van der Waals surface area contributed by atoms with Gasteiger partial charge in [-0.25, -0.2) is 23.5 Å². The summed E-state index contributed by atoms with van der Waals surface area (Å²) in [6.45, 7) is 2.13. The smallest absolute Gasteiger partial charge is 0.224 e. The van der Waals surface area contributed by atoms with Gasteiger partial charge < -0.3 is 5.32 Å². The first-order chi connectivity index (χ1) is 7.90. The highest BCUT2D eigenvalue weighted by molar-refractivity contribution is 7.89. The number of sulfonamides is 1. The van der Waals surface area contributed by atoms with Crippen molar-refractivity contribution in [2.45, 2.75) is 13.3 Å². The van der Waals surface area contributed by atoms with E-state index in [1.165, 1.54) is 0 Å². The highest BCUT2D eigenvalue weighted by atomic mass is 32.2. The third-order valence-corrected chi connectivity index (χ3v) is 2.72. The number of rotatable bonds is 5. The van der Waals surface area contributed by atoms with Gasteiger partial charge in [-0.2, -0.15) is 5.26 Å². The molecule has 0 aliphatic rings. The lowest BCUT2D eigenvalue weighted by Crippen LogP contribution is -2.19. The third-order valence-electron chi connectivity index (χ3n) is 1.86. The number of hydrogen-bond acceptors (Lipinski definition) is 6. The van der Waals surface area contributed by atoms with Crippen LogP contribution >= 0.6 is 0 Å². The van der Waals surface area contributed by atoms with Gasteiger partial charge in [-0.3, -0.25) is 0 Å². The van der Waals surface area contributed by atoms with Gasteiger partial charge in [-0.1, -0.05) is 0 Å². The zero-order valence-corrected chi connectivity index (χ0v) is 10.2. The summed E-state index contributed by atoms with van der Waals surface area (Å²) < 4.78 is 21.3. The normalized spacial score (nSPS) is 10.9. The second kappa shape index (κ2) is 5.56. The van der Waals surface area contributed by atoms with Gasteiger partial charge in [0.1, 0.15) is 11.8 Å². The van der Waals surface area contributed by atoms with E-state index in [9.17, 15) is 8.42 Å². The predicted octanol–water partition coefficient (Wildman–Crippen LogP) is -0.253. The van der Waals surface area contributed by atoms with Crippen LogP contribution in [-0.2, 0) is 10.0 Å². The Bertz CT molecular complexity index is 535. The fourth-order valence-electron chi connectivity index (χ4n) is 1.18. The van der Waals surface area contributed by atoms with E-state index < -0.39 is 10.0 Å². The first-order valence-electron chi connectivity index (χ1n) is 4.91. The molecule has 8 heteroatoms. The van der Waals surface area contributed by atoms with Gasteiger partial charge in [0.2, 0.25) is 16.0 Å². The van der Waals surface area contributed by atoms with E-state index >= 15 is 0 Å². The standard InChI is InChI=1S/C9H13N5O2S/c1-7-5-8(6-10)14-9(13-7)12-3-2-4-17(11,15)16/h5H,2-4H2,1H3,(H2,11,15,16)(H,12,13,14). The number of aromatic nitrogens is 2. The number of hydrogen-bond donors (Lipinski definition) is 2. The number of nitrogens with one attached hydrogen (secondary N) is 1. The van der Waals surface area contributed by atoms with E-state index in [1.807, 2.05) is 6.07 Å². The van der Waals surface area contributed by atoms with Gasteiger partial charge in [-0.15, -0.1) is 0 Å². The zero-order valence-electron chi connectivity index (χ0n) is 9.34. The minimum Gasteiger partial charge on any atom is -0.354 e. The van der Waals surface area contributed by atoms with Crippen molar-refractivity contribution in [2.75, 3.05) is 17.6 Å². The summed E-state index contributed by atoms with van der Waals surface area (Å²) in [6.07, 6.45) is 0.359. The van der Waals surface area contributed by atoms with Crippen LogP contribution in [0.5, 0.6) is 0 Å². The van der Waals surface area contributed by atoms with Crippen LogP contribution in [0.1, 0.15) is 17.8 Å². The van der Waals surface area contributed by atoms with Crippen LogP contribution in [-0.4, -0.2) is 30.7 Å². The molecule has 1 rings (SSSR count). The Morgan fingerprint density at radius 1 is 1.53 bits per heavy atom. The molecule has 1 heterocycles. The number of anilines is 1. The van der Waals surface area contributed by atoms with Crippen molar-refractivity contribution in [2.24, 2.45) is 5.14 Å². The number of nitriles is 1. The van der Waals surface area contributed by atoms with Crippen LogP contribution < -0.4 is 10.5 Å². The van der Waals surface area contributed by atoms with E-state index in [2.05, 4.69) is 15.3 Å². The molecule has 0 aromatic carbocycles. The molecular formula is C9H13N5O2S. The molecule has 0 unspecified atom stereocenters. The highest BCUT2D eigenvalue weighted by Crippen LogP contribution is 2.03. The van der Waals surface area contributed by atoms with Crippen molar-refractivity contribution in [3.8, 4) is 6.07 Å². The van der Waals surface area contributed by atoms with E-state index in [1.54, 1.807) is 13.0 Å². The summed E-state index contributed by atoms with van der Waals surface area (Å²) in [5, 5.41) is 16.4. The van der Waals surface area contributed by atoms with Gasteiger partial charge in [0.05, 0.1) is 5.75 Å². The molecule has 0 spiro atoms. The summed E-state index contributed by atoms with van der Waals surface area (Å²) in [4.78, 5) is 7.98. The molecule has 0 saturated carbocycles. The van der Waals surface area contributed by atoms with E-state index in [4.69, 9.17) is 10.4 Å². The van der Waals surface area contributed by atoms with Crippen molar-refractivity contribution in [3.05, 3.63) is 17.5 Å². The minimum absolute atomic E-state index is 0.100. The molecule has 0 amide bonds. The first-order valence-corrected chi connectivity index (χ1v) is 6.62. The predicted molar refractivity (Wildman–Crippen MR) is 62.6 cm³/mol. The Balaban J connectivity index is 2.53. The van der Waals surface area contributed by atoms with Crippen LogP contribution in [0.3, 0.4) is 0 Å². The Morgan fingerprint density at radius 3 is 2.82 bits per heavy atom. The first kappa shape index (κ1) is 13.3. The average molecular weight is 255 g/mol. The Hall–Kier alpha value is -1.72. The fraction of sp³-hybridized carbons (Fsp3) is 0.444. The van der Waals surface area contributed by atoms with Gasteiger partial charge in [-0.05, 0) is 19.4 Å². The molecule has 17 heavy (non-hydrogen) atoms. The quantitative estimate of drug-likeness (QED) is 0.699. The topological polar surface area (TPSA) is 122 Å². The summed E-state index contributed by atoms with van der Waals surface area (Å²) in [7, 11) is -3.43. The minimum atomic E-state index is -3.43. The lowest BCUT2D eigenvalue weighted by atomic mass is 10.3. The number of aryl methyl sites for hydroxylation is 1. The molecule has 7 nitrogen and oxygen atoms in total. The summed E-state index contributed by atoms with van der Waals surface area (Å²) >= 11 is 0. The van der Waals surface area contributed by atoms with Crippen molar-refractivity contribution in [3.63, 3.8) is 0 Å². The van der Waals surface area contributed by atoms with E-state index in [0.29, 0.717) is 24.6 Å².